The molecule has 0 fully saturated rings. The van der Waals surface area contributed by atoms with E-state index in [9.17, 15) is 4.79 Å². The van der Waals surface area contributed by atoms with Gasteiger partial charge in [-0.15, -0.1) is 0 Å². The maximum absolute atomic E-state index is 11.4. The van der Waals surface area contributed by atoms with E-state index >= 15 is 0 Å². The Hall–Kier alpha value is -0.790. The first kappa shape index (κ1) is 12.2. The molecule has 0 aliphatic rings. The van der Waals surface area contributed by atoms with Crippen LogP contribution in [0.4, 0.5) is 0 Å². The number of nitrogens with one attached hydrogen (secondary N) is 1. The molecule has 2 nitrogen and oxygen atoms in total. The molecule has 0 atom stereocenters. The van der Waals surface area contributed by atoms with Gasteiger partial charge in [0.15, 0.2) is 0 Å². The molecule has 0 rings (SSSR count). The van der Waals surface area contributed by atoms with Crippen LogP contribution in [0.1, 0.15) is 40.5 Å². The van der Waals surface area contributed by atoms with E-state index in [4.69, 9.17) is 0 Å². The number of amides is 1. The van der Waals surface area contributed by atoms with Crippen LogP contribution in [0.5, 0.6) is 0 Å². The Labute approximate surface area is 81.4 Å². The minimum absolute atomic E-state index is 0.132. The van der Waals surface area contributed by atoms with Crippen molar-refractivity contribution >= 4 is 5.91 Å². The van der Waals surface area contributed by atoms with E-state index in [-0.39, 0.29) is 11.3 Å². The molecule has 1 amide bonds. The predicted molar refractivity (Wildman–Crippen MR) is 56.5 cm³/mol. The third-order valence-electron chi connectivity index (χ3n) is 1.75. The molecular formula is C11H21NO. The number of hydrogen-bond acceptors (Lipinski definition) is 1. The molecule has 1 N–H and O–H groups in total. The normalized spacial score (nSPS) is 12.0. The summed E-state index contributed by atoms with van der Waals surface area (Å²) in [6.45, 7) is 8.56. The van der Waals surface area contributed by atoms with Crippen LogP contribution in [0.3, 0.4) is 0 Å². The van der Waals surface area contributed by atoms with Crippen molar-refractivity contribution < 1.29 is 4.79 Å². The summed E-state index contributed by atoms with van der Waals surface area (Å²) >= 11 is 0. The molecule has 0 aliphatic carbocycles. The zero-order valence-corrected chi connectivity index (χ0v) is 9.18. The summed E-state index contributed by atoms with van der Waals surface area (Å²) in [5.74, 6) is 0.132. The fourth-order valence-corrected chi connectivity index (χ4v) is 0.854. The Morgan fingerprint density at radius 1 is 1.38 bits per heavy atom. The molecule has 0 saturated carbocycles. The van der Waals surface area contributed by atoms with Crippen molar-refractivity contribution in [3.63, 3.8) is 0 Å². The van der Waals surface area contributed by atoms with Gasteiger partial charge in [0.1, 0.15) is 0 Å². The highest BCUT2D eigenvalue weighted by atomic mass is 16.2. The SMILES string of the molecule is C/C=C/CCCNC(=O)C(C)(C)C. The molecule has 0 spiro atoms. The summed E-state index contributed by atoms with van der Waals surface area (Å²) in [4.78, 5) is 11.4. The minimum atomic E-state index is -0.263. The Bertz CT molecular complexity index is 177. The molecule has 2 heteroatoms. The maximum Gasteiger partial charge on any atom is 0.225 e. The van der Waals surface area contributed by atoms with Gasteiger partial charge in [-0.3, -0.25) is 4.79 Å². The van der Waals surface area contributed by atoms with E-state index < -0.39 is 0 Å². The lowest BCUT2D eigenvalue weighted by Crippen LogP contribution is -2.35. The van der Waals surface area contributed by atoms with E-state index in [0.717, 1.165) is 19.4 Å². The standard InChI is InChI=1S/C11H21NO/c1-5-6-7-8-9-12-10(13)11(2,3)4/h5-6H,7-9H2,1-4H3,(H,12,13)/b6-5+. The third-order valence-corrected chi connectivity index (χ3v) is 1.75. The zero-order chi connectivity index (χ0) is 10.3. The Balaban J connectivity index is 3.49. The van der Waals surface area contributed by atoms with Crippen molar-refractivity contribution in [2.45, 2.75) is 40.5 Å². The van der Waals surface area contributed by atoms with Gasteiger partial charge in [0.2, 0.25) is 5.91 Å². The summed E-state index contributed by atoms with van der Waals surface area (Å²) in [6, 6.07) is 0. The second-order valence-corrected chi connectivity index (χ2v) is 4.22. The summed E-state index contributed by atoms with van der Waals surface area (Å²) in [7, 11) is 0. The van der Waals surface area contributed by atoms with Crippen molar-refractivity contribution in [1.82, 2.24) is 5.32 Å². The number of unbranched alkanes of at least 4 members (excludes halogenated alkanes) is 1. The first-order chi connectivity index (χ1) is 5.98. The molecule has 0 bridgehead atoms. The van der Waals surface area contributed by atoms with Gasteiger partial charge in [0.25, 0.3) is 0 Å². The fourth-order valence-electron chi connectivity index (χ4n) is 0.854. The lowest BCUT2D eigenvalue weighted by molar-refractivity contribution is -0.128. The van der Waals surface area contributed by atoms with Gasteiger partial charge in [-0.2, -0.15) is 0 Å². The van der Waals surface area contributed by atoms with E-state index in [2.05, 4.69) is 11.4 Å². The van der Waals surface area contributed by atoms with Crippen molar-refractivity contribution in [3.05, 3.63) is 12.2 Å². The van der Waals surface area contributed by atoms with Crippen LogP contribution < -0.4 is 5.32 Å². The summed E-state index contributed by atoms with van der Waals surface area (Å²) in [5, 5.41) is 2.91. The van der Waals surface area contributed by atoms with E-state index in [0.29, 0.717) is 0 Å². The van der Waals surface area contributed by atoms with Gasteiger partial charge in [0, 0.05) is 12.0 Å². The smallest absolute Gasteiger partial charge is 0.225 e. The topological polar surface area (TPSA) is 29.1 Å². The first-order valence-corrected chi connectivity index (χ1v) is 4.88. The van der Waals surface area contributed by atoms with Crippen molar-refractivity contribution in [3.8, 4) is 0 Å². The van der Waals surface area contributed by atoms with Crippen LogP contribution in [0, 0.1) is 5.41 Å². The van der Waals surface area contributed by atoms with Gasteiger partial charge < -0.3 is 5.32 Å². The molecule has 0 saturated heterocycles. The van der Waals surface area contributed by atoms with Crippen LogP contribution in [-0.4, -0.2) is 12.5 Å². The average Bonchev–Trinajstić information content (AvgIpc) is 2.02. The van der Waals surface area contributed by atoms with Crippen molar-refractivity contribution in [1.29, 1.82) is 0 Å². The highest BCUT2D eigenvalue weighted by Gasteiger charge is 2.19. The van der Waals surface area contributed by atoms with Gasteiger partial charge in [-0.1, -0.05) is 32.9 Å². The van der Waals surface area contributed by atoms with Crippen molar-refractivity contribution in [2.75, 3.05) is 6.54 Å². The van der Waals surface area contributed by atoms with Crippen LogP contribution in [-0.2, 0) is 4.79 Å². The Morgan fingerprint density at radius 2 is 2.00 bits per heavy atom. The second-order valence-electron chi connectivity index (χ2n) is 4.22. The maximum atomic E-state index is 11.4. The molecule has 0 radical (unpaired) electrons. The van der Waals surface area contributed by atoms with Crippen LogP contribution in [0.2, 0.25) is 0 Å². The van der Waals surface area contributed by atoms with Crippen LogP contribution >= 0.6 is 0 Å². The minimum Gasteiger partial charge on any atom is -0.356 e. The largest absolute Gasteiger partial charge is 0.356 e. The molecule has 0 unspecified atom stereocenters. The van der Waals surface area contributed by atoms with Gasteiger partial charge in [-0.05, 0) is 19.8 Å². The molecule has 0 aromatic heterocycles. The monoisotopic (exact) mass is 183 g/mol. The zero-order valence-electron chi connectivity index (χ0n) is 9.18. The lowest BCUT2D eigenvalue weighted by atomic mass is 9.96. The van der Waals surface area contributed by atoms with E-state index in [1.165, 1.54) is 0 Å². The third kappa shape index (κ3) is 6.38. The molecular weight excluding hydrogens is 162 g/mol. The van der Waals surface area contributed by atoms with Gasteiger partial charge in [0.05, 0.1) is 0 Å². The molecule has 0 aromatic carbocycles. The summed E-state index contributed by atoms with van der Waals surface area (Å²) in [6.07, 6.45) is 6.21. The predicted octanol–water partition coefficient (Wildman–Crippen LogP) is 2.51. The van der Waals surface area contributed by atoms with Gasteiger partial charge >= 0.3 is 0 Å². The molecule has 0 heterocycles. The number of carbonyl (C=O) groups is 1. The van der Waals surface area contributed by atoms with E-state index in [1.54, 1.807) is 0 Å². The number of hydrogen-bond donors (Lipinski definition) is 1. The fraction of sp³-hybridized carbons (Fsp3) is 0.727. The number of carbonyl (C=O) groups excluding carboxylic acids is 1. The average molecular weight is 183 g/mol. The molecule has 13 heavy (non-hydrogen) atoms. The summed E-state index contributed by atoms with van der Waals surface area (Å²) < 4.78 is 0. The van der Waals surface area contributed by atoms with Crippen LogP contribution in [0.15, 0.2) is 12.2 Å². The highest BCUT2D eigenvalue weighted by Crippen LogP contribution is 2.12. The van der Waals surface area contributed by atoms with Crippen molar-refractivity contribution in [2.24, 2.45) is 5.41 Å². The number of rotatable bonds is 4. The quantitative estimate of drug-likeness (QED) is 0.526. The molecule has 0 aliphatic heterocycles. The Kier molecular flexibility index (Phi) is 5.44. The Morgan fingerprint density at radius 3 is 2.46 bits per heavy atom. The van der Waals surface area contributed by atoms with Gasteiger partial charge in [-0.25, -0.2) is 0 Å². The van der Waals surface area contributed by atoms with E-state index in [1.807, 2.05) is 33.8 Å². The second kappa shape index (κ2) is 5.79. The number of allylic oxidation sites excluding steroid dienone is 2. The molecule has 0 aromatic rings. The lowest BCUT2D eigenvalue weighted by Gasteiger charge is -2.17. The first-order valence-electron chi connectivity index (χ1n) is 4.88. The summed E-state index contributed by atoms with van der Waals surface area (Å²) in [5.41, 5.74) is -0.263. The highest BCUT2D eigenvalue weighted by molar-refractivity contribution is 5.81. The molecule has 76 valence electrons. The van der Waals surface area contributed by atoms with Crippen LogP contribution in [0.25, 0.3) is 0 Å².